The van der Waals surface area contributed by atoms with Crippen LogP contribution >= 0.6 is 0 Å². The summed E-state index contributed by atoms with van der Waals surface area (Å²) >= 11 is 0. The molecule has 0 radical (unpaired) electrons. The lowest BCUT2D eigenvalue weighted by Crippen LogP contribution is -2.73. The molecule has 0 saturated carbocycles. The van der Waals surface area contributed by atoms with Gasteiger partial charge in [0.15, 0.2) is 0 Å². The highest BCUT2D eigenvalue weighted by molar-refractivity contribution is 5.98. The predicted molar refractivity (Wildman–Crippen MR) is 92.6 cm³/mol. The number of nitrogens with one attached hydrogen (secondary N) is 3. The standard InChI is InChI=1S/C18H17F4N3O3/c1-11-5-3-4-6-14(11)24-25-17(16(27)28-2,18(20,21)22)23-15(26)12-7-9-13(19)10-8-12/h3-10,24-25H,1-2H3,(H,23,26)/t17-/m1/s1. The fraction of sp³-hybridized carbons (Fsp3) is 0.222. The minimum absolute atomic E-state index is 0.246. The van der Waals surface area contributed by atoms with E-state index in [2.05, 4.69) is 10.2 Å². The fourth-order valence-electron chi connectivity index (χ4n) is 2.26. The third kappa shape index (κ3) is 4.39. The van der Waals surface area contributed by atoms with Gasteiger partial charge in [-0.3, -0.25) is 4.79 Å². The Balaban J connectivity index is 2.39. The number of hydrazine groups is 1. The van der Waals surface area contributed by atoms with E-state index < -0.39 is 29.5 Å². The molecule has 6 nitrogen and oxygen atoms in total. The lowest BCUT2D eigenvalue weighted by molar-refractivity contribution is -0.215. The van der Waals surface area contributed by atoms with E-state index in [4.69, 9.17) is 0 Å². The van der Waals surface area contributed by atoms with Crippen LogP contribution in [0.5, 0.6) is 0 Å². The Labute approximate surface area is 157 Å². The zero-order valence-corrected chi connectivity index (χ0v) is 14.9. The first-order chi connectivity index (χ1) is 13.1. The number of hydrogen-bond donors (Lipinski definition) is 3. The van der Waals surface area contributed by atoms with Crippen molar-refractivity contribution < 1.29 is 31.9 Å². The summed E-state index contributed by atoms with van der Waals surface area (Å²) in [6.45, 7) is 1.63. The smallest absolute Gasteiger partial charge is 0.438 e. The van der Waals surface area contributed by atoms with Crippen molar-refractivity contribution in [3.63, 3.8) is 0 Å². The van der Waals surface area contributed by atoms with E-state index in [1.807, 2.05) is 5.43 Å². The van der Waals surface area contributed by atoms with Crippen LogP contribution in [0.25, 0.3) is 0 Å². The molecule has 1 amide bonds. The van der Waals surface area contributed by atoms with Crippen LogP contribution in [-0.2, 0) is 9.53 Å². The average molecular weight is 399 g/mol. The number of alkyl halides is 3. The maximum atomic E-state index is 13.9. The van der Waals surface area contributed by atoms with Crippen LogP contribution in [0.3, 0.4) is 0 Å². The number of methoxy groups -OCH3 is 1. The topological polar surface area (TPSA) is 79.5 Å². The van der Waals surface area contributed by atoms with Gasteiger partial charge < -0.3 is 15.5 Å². The molecule has 0 aliphatic rings. The van der Waals surface area contributed by atoms with Gasteiger partial charge in [0.2, 0.25) is 0 Å². The molecule has 28 heavy (non-hydrogen) atoms. The number of amides is 1. The number of ether oxygens (including phenoxy) is 1. The Kier molecular flexibility index (Phi) is 6.24. The highest BCUT2D eigenvalue weighted by Gasteiger charge is 2.63. The van der Waals surface area contributed by atoms with Crippen LogP contribution in [0, 0.1) is 12.7 Å². The van der Waals surface area contributed by atoms with E-state index in [0.29, 0.717) is 5.56 Å². The molecule has 150 valence electrons. The second kappa shape index (κ2) is 8.26. The SMILES string of the molecule is COC(=O)[C@](NNc1ccccc1C)(NC(=O)c1ccc(F)cc1)C(F)(F)F. The van der Waals surface area contributed by atoms with Crippen LogP contribution < -0.4 is 16.2 Å². The number of esters is 1. The number of carbonyl (C=O) groups excluding carboxylic acids is 2. The van der Waals surface area contributed by atoms with E-state index in [1.54, 1.807) is 30.4 Å². The van der Waals surface area contributed by atoms with E-state index in [1.165, 1.54) is 6.07 Å². The van der Waals surface area contributed by atoms with Crippen LogP contribution in [0.2, 0.25) is 0 Å². The molecule has 0 bridgehead atoms. The van der Waals surface area contributed by atoms with E-state index in [0.717, 1.165) is 31.4 Å². The molecule has 0 fully saturated rings. The van der Waals surface area contributed by atoms with Gasteiger partial charge in [-0.15, -0.1) is 0 Å². The molecule has 0 aliphatic carbocycles. The van der Waals surface area contributed by atoms with Crippen LogP contribution in [-0.4, -0.2) is 30.8 Å². The Morgan fingerprint density at radius 2 is 1.61 bits per heavy atom. The highest BCUT2D eigenvalue weighted by atomic mass is 19.4. The number of hydrogen-bond acceptors (Lipinski definition) is 5. The molecule has 0 aromatic heterocycles. The Morgan fingerprint density at radius 3 is 2.14 bits per heavy atom. The lowest BCUT2D eigenvalue weighted by Gasteiger charge is -2.34. The van der Waals surface area contributed by atoms with Crippen molar-refractivity contribution in [2.24, 2.45) is 0 Å². The van der Waals surface area contributed by atoms with Gasteiger partial charge in [-0.2, -0.15) is 18.6 Å². The maximum absolute atomic E-state index is 13.9. The van der Waals surface area contributed by atoms with Crippen molar-refractivity contribution in [2.45, 2.75) is 18.8 Å². The minimum Gasteiger partial charge on any atom is -0.466 e. The number of anilines is 1. The van der Waals surface area contributed by atoms with Crippen molar-refractivity contribution >= 4 is 17.6 Å². The Bertz CT molecular complexity index is 856. The molecule has 1 atom stereocenters. The summed E-state index contributed by atoms with van der Waals surface area (Å²) in [5.74, 6) is -3.73. The summed E-state index contributed by atoms with van der Waals surface area (Å²) < 4.78 is 58.9. The van der Waals surface area contributed by atoms with Crippen molar-refractivity contribution in [1.29, 1.82) is 0 Å². The molecule has 0 spiro atoms. The van der Waals surface area contributed by atoms with E-state index >= 15 is 0 Å². The van der Waals surface area contributed by atoms with Crippen molar-refractivity contribution in [3.8, 4) is 0 Å². The first-order valence-electron chi connectivity index (χ1n) is 7.93. The van der Waals surface area contributed by atoms with Crippen LogP contribution in [0.1, 0.15) is 15.9 Å². The first-order valence-corrected chi connectivity index (χ1v) is 7.93. The largest absolute Gasteiger partial charge is 0.466 e. The zero-order chi connectivity index (χ0) is 20.9. The monoisotopic (exact) mass is 399 g/mol. The molecule has 2 rings (SSSR count). The number of benzene rings is 2. The van der Waals surface area contributed by atoms with Gasteiger partial charge in [0, 0.05) is 5.56 Å². The van der Waals surface area contributed by atoms with Gasteiger partial charge in [-0.25, -0.2) is 9.18 Å². The summed E-state index contributed by atoms with van der Waals surface area (Å²) in [7, 11) is 0.752. The van der Waals surface area contributed by atoms with Crippen molar-refractivity contribution in [3.05, 3.63) is 65.5 Å². The number of carbonyl (C=O) groups is 2. The van der Waals surface area contributed by atoms with Gasteiger partial charge in [0.1, 0.15) is 5.82 Å². The summed E-state index contributed by atoms with van der Waals surface area (Å²) in [6.07, 6.45) is -5.29. The van der Waals surface area contributed by atoms with Gasteiger partial charge in [0.05, 0.1) is 12.8 Å². The predicted octanol–water partition coefficient (Wildman–Crippen LogP) is 2.91. The summed E-state index contributed by atoms with van der Waals surface area (Å²) in [4.78, 5) is 24.4. The van der Waals surface area contributed by atoms with Gasteiger partial charge in [-0.05, 0) is 42.8 Å². The molecule has 0 heterocycles. The number of halogens is 4. The van der Waals surface area contributed by atoms with Crippen molar-refractivity contribution in [1.82, 2.24) is 10.7 Å². The lowest BCUT2D eigenvalue weighted by atomic mass is 10.1. The van der Waals surface area contributed by atoms with Crippen molar-refractivity contribution in [2.75, 3.05) is 12.5 Å². The molecular formula is C18H17F4N3O3. The second-order valence-electron chi connectivity index (χ2n) is 5.77. The molecule has 10 heteroatoms. The summed E-state index contributed by atoms with van der Waals surface area (Å²) in [5.41, 5.74) is 1.08. The summed E-state index contributed by atoms with van der Waals surface area (Å²) in [6, 6.07) is 10.1. The normalized spacial score (nSPS) is 13.4. The summed E-state index contributed by atoms with van der Waals surface area (Å²) in [5, 5.41) is 1.61. The zero-order valence-electron chi connectivity index (χ0n) is 14.9. The molecule has 2 aromatic rings. The molecule has 0 aliphatic heterocycles. The van der Waals surface area contributed by atoms with E-state index in [9.17, 15) is 27.2 Å². The molecule has 0 saturated heterocycles. The Morgan fingerprint density at radius 1 is 1.00 bits per heavy atom. The van der Waals surface area contributed by atoms with Gasteiger partial charge >= 0.3 is 17.8 Å². The highest BCUT2D eigenvalue weighted by Crippen LogP contribution is 2.30. The number of aryl methyl sites for hydroxylation is 1. The third-order valence-corrected chi connectivity index (χ3v) is 3.85. The number of para-hydroxylation sites is 1. The minimum atomic E-state index is -5.29. The van der Waals surface area contributed by atoms with Gasteiger partial charge in [0.25, 0.3) is 5.91 Å². The Hall–Kier alpha value is -3.14. The van der Waals surface area contributed by atoms with Crippen LogP contribution in [0.15, 0.2) is 48.5 Å². The second-order valence-corrected chi connectivity index (χ2v) is 5.77. The first kappa shape index (κ1) is 21.2. The quantitative estimate of drug-likeness (QED) is 0.301. The maximum Gasteiger partial charge on any atom is 0.438 e. The van der Waals surface area contributed by atoms with Crippen LogP contribution in [0.4, 0.5) is 23.2 Å². The average Bonchev–Trinajstić information content (AvgIpc) is 2.65. The van der Waals surface area contributed by atoms with E-state index in [-0.39, 0.29) is 11.3 Å². The third-order valence-electron chi connectivity index (χ3n) is 3.85. The molecular weight excluding hydrogens is 382 g/mol. The molecule has 3 N–H and O–H groups in total. The molecule has 0 unspecified atom stereocenters. The van der Waals surface area contributed by atoms with Gasteiger partial charge in [-0.1, -0.05) is 18.2 Å². The fourth-order valence-corrected chi connectivity index (χ4v) is 2.26. The number of rotatable bonds is 6. The molecule has 2 aromatic carbocycles.